The van der Waals surface area contributed by atoms with E-state index in [-0.39, 0.29) is 0 Å². The molecule has 0 saturated heterocycles. The van der Waals surface area contributed by atoms with Crippen LogP contribution in [0.4, 0.5) is 0 Å². The van der Waals surface area contributed by atoms with Gasteiger partial charge >= 0.3 is 0 Å². The topological polar surface area (TPSA) is 45.5 Å². The van der Waals surface area contributed by atoms with Crippen LogP contribution in [0, 0.1) is 0 Å². The predicted molar refractivity (Wildman–Crippen MR) is 103 cm³/mol. The summed E-state index contributed by atoms with van der Waals surface area (Å²) in [7, 11) is 4.98. The fraction of sp³-hybridized carbons (Fsp3) is 0.286. The second-order valence-corrected chi connectivity index (χ2v) is 5.97. The van der Waals surface area contributed by atoms with E-state index in [2.05, 4.69) is 16.5 Å². The second-order valence-electron chi connectivity index (χ2n) is 5.97. The minimum Gasteiger partial charge on any atom is -0.497 e. The van der Waals surface area contributed by atoms with Gasteiger partial charge in [-0.1, -0.05) is 6.92 Å². The Kier molecular flexibility index (Phi) is 5.46. The van der Waals surface area contributed by atoms with E-state index < -0.39 is 0 Å². The third-order valence-electron chi connectivity index (χ3n) is 4.29. The summed E-state index contributed by atoms with van der Waals surface area (Å²) in [6.45, 7) is 3.04. The Bertz CT molecular complexity index is 847. The zero-order valence-electron chi connectivity index (χ0n) is 15.7. The largest absolute Gasteiger partial charge is 0.497 e. The first-order valence-corrected chi connectivity index (χ1v) is 8.63. The van der Waals surface area contributed by atoms with Crippen LogP contribution in [0.3, 0.4) is 0 Å². The van der Waals surface area contributed by atoms with Gasteiger partial charge in [0.15, 0.2) is 0 Å². The van der Waals surface area contributed by atoms with Crippen molar-refractivity contribution in [1.82, 2.24) is 9.55 Å². The third-order valence-corrected chi connectivity index (χ3v) is 4.29. The zero-order chi connectivity index (χ0) is 18.5. The average Bonchev–Trinajstić information content (AvgIpc) is 3.11. The molecule has 1 heterocycles. The Morgan fingerprint density at radius 2 is 1.42 bits per heavy atom. The molecule has 0 aliphatic heterocycles. The van der Waals surface area contributed by atoms with Gasteiger partial charge in [0.2, 0.25) is 0 Å². The van der Waals surface area contributed by atoms with Crippen molar-refractivity contribution in [3.05, 3.63) is 48.8 Å². The number of ether oxygens (including phenoxy) is 3. The molecule has 5 heteroatoms. The van der Waals surface area contributed by atoms with Crippen LogP contribution < -0.4 is 14.2 Å². The van der Waals surface area contributed by atoms with Gasteiger partial charge in [-0.2, -0.15) is 0 Å². The van der Waals surface area contributed by atoms with Gasteiger partial charge in [-0.05, 0) is 42.8 Å². The number of rotatable bonds is 7. The van der Waals surface area contributed by atoms with E-state index in [0.717, 1.165) is 52.7 Å². The van der Waals surface area contributed by atoms with Gasteiger partial charge in [-0.3, -0.25) is 0 Å². The smallest absolute Gasteiger partial charge is 0.123 e. The maximum atomic E-state index is 5.44. The monoisotopic (exact) mass is 352 g/mol. The molecule has 136 valence electrons. The van der Waals surface area contributed by atoms with Gasteiger partial charge < -0.3 is 18.8 Å². The summed E-state index contributed by atoms with van der Waals surface area (Å²) in [6, 6.07) is 13.8. The van der Waals surface area contributed by atoms with Crippen LogP contribution in [-0.2, 0) is 6.54 Å². The second kappa shape index (κ2) is 7.95. The Morgan fingerprint density at radius 3 is 1.96 bits per heavy atom. The molecule has 0 unspecified atom stereocenters. The van der Waals surface area contributed by atoms with E-state index in [0.29, 0.717) is 0 Å². The summed E-state index contributed by atoms with van der Waals surface area (Å²) in [5.41, 5.74) is 4.03. The van der Waals surface area contributed by atoms with Gasteiger partial charge in [0.05, 0.1) is 39.0 Å². The van der Waals surface area contributed by atoms with E-state index in [1.165, 1.54) is 0 Å². The molecule has 0 spiro atoms. The van der Waals surface area contributed by atoms with Crippen molar-refractivity contribution in [2.24, 2.45) is 0 Å². The molecule has 0 atom stereocenters. The normalized spacial score (nSPS) is 10.6. The molecule has 0 aliphatic rings. The lowest BCUT2D eigenvalue weighted by Crippen LogP contribution is -1.99. The Hall–Kier alpha value is -2.95. The number of aryl methyl sites for hydroxylation is 1. The molecule has 0 amide bonds. The zero-order valence-corrected chi connectivity index (χ0v) is 15.7. The molecule has 26 heavy (non-hydrogen) atoms. The molecule has 3 aromatic rings. The minimum absolute atomic E-state index is 0.754. The summed E-state index contributed by atoms with van der Waals surface area (Å²) in [6.07, 6.45) is 2.91. The lowest BCUT2D eigenvalue weighted by Gasteiger charge is -2.13. The SMILES string of the molecule is CCCn1cnc(-c2ccc(OC)cc2)c1-c1cc(OC)cc(OC)c1. The van der Waals surface area contributed by atoms with Crippen molar-refractivity contribution in [1.29, 1.82) is 0 Å². The molecule has 0 aliphatic carbocycles. The maximum absolute atomic E-state index is 5.44. The van der Waals surface area contributed by atoms with Crippen LogP contribution in [-0.4, -0.2) is 30.9 Å². The number of aromatic nitrogens is 2. The van der Waals surface area contributed by atoms with Crippen LogP contribution in [0.2, 0.25) is 0 Å². The first-order valence-electron chi connectivity index (χ1n) is 8.63. The van der Waals surface area contributed by atoms with Gasteiger partial charge in [0.1, 0.15) is 17.2 Å². The van der Waals surface area contributed by atoms with Crippen molar-refractivity contribution < 1.29 is 14.2 Å². The Morgan fingerprint density at radius 1 is 0.808 bits per heavy atom. The first-order chi connectivity index (χ1) is 12.7. The van der Waals surface area contributed by atoms with Gasteiger partial charge in [-0.25, -0.2) is 4.98 Å². The first kappa shape index (κ1) is 17.9. The summed E-state index contributed by atoms with van der Waals surface area (Å²) in [5, 5.41) is 0. The maximum Gasteiger partial charge on any atom is 0.123 e. The molecule has 0 saturated carbocycles. The molecule has 1 aromatic heterocycles. The molecular weight excluding hydrogens is 328 g/mol. The van der Waals surface area contributed by atoms with Crippen molar-refractivity contribution in [2.45, 2.75) is 19.9 Å². The summed E-state index contributed by atoms with van der Waals surface area (Å²) < 4.78 is 18.3. The molecule has 0 fully saturated rings. The minimum atomic E-state index is 0.754. The molecule has 0 bridgehead atoms. The quantitative estimate of drug-likeness (QED) is 0.621. The number of methoxy groups -OCH3 is 3. The summed E-state index contributed by atoms with van der Waals surface area (Å²) in [4.78, 5) is 4.69. The number of imidazole rings is 1. The van der Waals surface area contributed by atoms with E-state index in [1.54, 1.807) is 21.3 Å². The van der Waals surface area contributed by atoms with Crippen molar-refractivity contribution in [2.75, 3.05) is 21.3 Å². The van der Waals surface area contributed by atoms with Crippen molar-refractivity contribution >= 4 is 0 Å². The molecule has 5 nitrogen and oxygen atoms in total. The predicted octanol–water partition coefficient (Wildman–Crippen LogP) is 4.65. The number of hydrogen-bond acceptors (Lipinski definition) is 4. The van der Waals surface area contributed by atoms with Crippen LogP contribution in [0.5, 0.6) is 17.2 Å². The van der Waals surface area contributed by atoms with Crippen LogP contribution in [0.15, 0.2) is 48.8 Å². The van der Waals surface area contributed by atoms with E-state index in [1.807, 2.05) is 48.8 Å². The van der Waals surface area contributed by atoms with E-state index in [9.17, 15) is 0 Å². The van der Waals surface area contributed by atoms with Gasteiger partial charge in [-0.15, -0.1) is 0 Å². The van der Waals surface area contributed by atoms with Crippen LogP contribution in [0.25, 0.3) is 22.5 Å². The highest BCUT2D eigenvalue weighted by Gasteiger charge is 2.17. The lowest BCUT2D eigenvalue weighted by molar-refractivity contribution is 0.394. The number of hydrogen-bond donors (Lipinski definition) is 0. The third kappa shape index (κ3) is 3.52. The average molecular weight is 352 g/mol. The number of nitrogens with zero attached hydrogens (tertiary/aromatic N) is 2. The fourth-order valence-corrected chi connectivity index (χ4v) is 3.00. The van der Waals surface area contributed by atoms with Crippen LogP contribution >= 0.6 is 0 Å². The van der Waals surface area contributed by atoms with Gasteiger partial charge in [0, 0.05) is 23.7 Å². The van der Waals surface area contributed by atoms with Gasteiger partial charge in [0.25, 0.3) is 0 Å². The lowest BCUT2D eigenvalue weighted by atomic mass is 10.0. The molecule has 3 rings (SSSR count). The standard InChI is InChI=1S/C21H24N2O3/c1-5-10-23-14-22-20(15-6-8-17(24-2)9-7-15)21(23)16-11-18(25-3)13-19(12-16)26-4/h6-9,11-14H,5,10H2,1-4H3. The van der Waals surface area contributed by atoms with Crippen molar-refractivity contribution in [3.8, 4) is 39.8 Å². The summed E-state index contributed by atoms with van der Waals surface area (Å²) in [5.74, 6) is 2.33. The van der Waals surface area contributed by atoms with Crippen LogP contribution in [0.1, 0.15) is 13.3 Å². The Labute approximate surface area is 154 Å². The summed E-state index contributed by atoms with van der Waals surface area (Å²) >= 11 is 0. The van der Waals surface area contributed by atoms with E-state index >= 15 is 0 Å². The molecular formula is C21H24N2O3. The Balaban J connectivity index is 2.16. The highest BCUT2D eigenvalue weighted by atomic mass is 16.5. The molecule has 0 N–H and O–H groups in total. The highest BCUT2D eigenvalue weighted by Crippen LogP contribution is 2.36. The fourth-order valence-electron chi connectivity index (χ4n) is 3.00. The molecule has 0 radical (unpaired) electrons. The van der Waals surface area contributed by atoms with E-state index in [4.69, 9.17) is 14.2 Å². The molecule has 2 aromatic carbocycles. The van der Waals surface area contributed by atoms with Crippen molar-refractivity contribution in [3.63, 3.8) is 0 Å². The number of benzene rings is 2. The highest BCUT2D eigenvalue weighted by molar-refractivity contribution is 5.80.